The van der Waals surface area contributed by atoms with E-state index in [-0.39, 0.29) is 24.4 Å². The van der Waals surface area contributed by atoms with Gasteiger partial charge in [0.25, 0.3) is 0 Å². The number of carbonyl (C=O) groups excluding carboxylic acids is 1. The molecule has 25 heavy (non-hydrogen) atoms. The molecule has 1 heterocycles. The van der Waals surface area contributed by atoms with Gasteiger partial charge in [0.1, 0.15) is 6.54 Å². The van der Waals surface area contributed by atoms with E-state index in [0.29, 0.717) is 17.5 Å². The minimum atomic E-state index is -4.47. The standard InChI is InChI=1S/C18H24F3N3O/c1-10(14-7-11-2-3-13(14)6-11)22-17(25)9-24-15(12-4-5-12)8-16(23-24)18(19,20)21/h8,10-14H,2-7,9H2,1H3,(H,22,25). The van der Waals surface area contributed by atoms with Gasteiger partial charge >= 0.3 is 6.18 Å². The highest BCUT2D eigenvalue weighted by atomic mass is 19.4. The number of nitrogens with one attached hydrogen (secondary N) is 1. The van der Waals surface area contributed by atoms with E-state index in [9.17, 15) is 18.0 Å². The topological polar surface area (TPSA) is 46.9 Å². The fourth-order valence-electron chi connectivity index (χ4n) is 4.85. The number of hydrogen-bond acceptors (Lipinski definition) is 2. The summed E-state index contributed by atoms with van der Waals surface area (Å²) in [5.41, 5.74) is -0.363. The van der Waals surface area contributed by atoms with Gasteiger partial charge in [-0.15, -0.1) is 0 Å². The van der Waals surface area contributed by atoms with E-state index in [1.807, 2.05) is 6.92 Å². The minimum absolute atomic E-state index is 0.0739. The highest BCUT2D eigenvalue weighted by molar-refractivity contribution is 5.76. The van der Waals surface area contributed by atoms with Crippen molar-refractivity contribution in [3.8, 4) is 0 Å². The zero-order chi connectivity index (χ0) is 17.8. The highest BCUT2D eigenvalue weighted by Gasteiger charge is 2.42. The lowest BCUT2D eigenvalue weighted by Crippen LogP contribution is -2.41. The van der Waals surface area contributed by atoms with Gasteiger partial charge in [0.2, 0.25) is 5.91 Å². The van der Waals surface area contributed by atoms with Gasteiger partial charge in [-0.3, -0.25) is 9.48 Å². The predicted octanol–water partition coefficient (Wildman–Crippen LogP) is 3.72. The third-order valence-corrected chi connectivity index (χ3v) is 6.21. The molecule has 1 aromatic rings. The maximum atomic E-state index is 12.9. The second kappa shape index (κ2) is 6.02. The van der Waals surface area contributed by atoms with Crippen LogP contribution in [0.25, 0.3) is 0 Å². The van der Waals surface area contributed by atoms with Crippen LogP contribution >= 0.6 is 0 Å². The highest BCUT2D eigenvalue weighted by Crippen LogP contribution is 2.49. The summed E-state index contributed by atoms with van der Waals surface area (Å²) in [5, 5.41) is 6.67. The number of hydrogen-bond donors (Lipinski definition) is 1. The molecule has 0 radical (unpaired) electrons. The van der Waals surface area contributed by atoms with E-state index in [0.717, 1.165) is 24.8 Å². The maximum Gasteiger partial charge on any atom is 0.435 e. The number of carbonyl (C=O) groups is 1. The molecule has 4 rings (SSSR count). The van der Waals surface area contributed by atoms with Crippen molar-refractivity contribution in [2.75, 3.05) is 0 Å². The monoisotopic (exact) mass is 355 g/mol. The van der Waals surface area contributed by atoms with Crippen molar-refractivity contribution in [2.45, 2.75) is 70.1 Å². The van der Waals surface area contributed by atoms with E-state index in [1.54, 1.807) is 0 Å². The van der Waals surface area contributed by atoms with E-state index < -0.39 is 11.9 Å². The summed E-state index contributed by atoms with van der Waals surface area (Å²) in [6.07, 6.45) is 2.25. The molecule has 0 saturated heterocycles. The quantitative estimate of drug-likeness (QED) is 0.875. The number of fused-ring (bicyclic) bond motifs is 2. The van der Waals surface area contributed by atoms with E-state index in [4.69, 9.17) is 0 Å². The Morgan fingerprint density at radius 2 is 2.08 bits per heavy atom. The van der Waals surface area contributed by atoms with Crippen LogP contribution in [-0.2, 0) is 17.5 Å². The van der Waals surface area contributed by atoms with Crippen LogP contribution in [0, 0.1) is 17.8 Å². The van der Waals surface area contributed by atoms with Gasteiger partial charge in [-0.1, -0.05) is 6.42 Å². The van der Waals surface area contributed by atoms with Crippen molar-refractivity contribution < 1.29 is 18.0 Å². The van der Waals surface area contributed by atoms with Crippen molar-refractivity contribution in [1.82, 2.24) is 15.1 Å². The molecule has 2 bridgehead atoms. The molecule has 7 heteroatoms. The number of amides is 1. The Labute approximate surface area is 145 Å². The van der Waals surface area contributed by atoms with Gasteiger partial charge < -0.3 is 5.32 Å². The second-order valence-electron chi connectivity index (χ2n) is 8.08. The van der Waals surface area contributed by atoms with Crippen molar-refractivity contribution in [3.63, 3.8) is 0 Å². The predicted molar refractivity (Wildman–Crippen MR) is 85.7 cm³/mol. The molecular weight excluding hydrogens is 331 g/mol. The fourth-order valence-corrected chi connectivity index (χ4v) is 4.85. The summed E-state index contributed by atoms with van der Waals surface area (Å²) in [4.78, 5) is 12.4. The first-order valence-electron chi connectivity index (χ1n) is 9.25. The SMILES string of the molecule is CC(NC(=O)Cn1nc(C(F)(F)F)cc1C1CC1)C1CC2CCC1C2. The zero-order valence-electron chi connectivity index (χ0n) is 14.4. The molecule has 1 amide bonds. The molecule has 0 aromatic carbocycles. The van der Waals surface area contributed by atoms with Gasteiger partial charge in [-0.25, -0.2) is 0 Å². The molecule has 3 aliphatic rings. The second-order valence-corrected chi connectivity index (χ2v) is 8.08. The Morgan fingerprint density at radius 1 is 1.32 bits per heavy atom. The molecule has 0 spiro atoms. The van der Waals surface area contributed by atoms with Gasteiger partial charge in [0, 0.05) is 17.7 Å². The van der Waals surface area contributed by atoms with Crippen molar-refractivity contribution in [1.29, 1.82) is 0 Å². The summed E-state index contributed by atoms with van der Waals surface area (Å²) in [5.74, 6) is 1.88. The normalized spacial score (nSPS) is 29.8. The van der Waals surface area contributed by atoms with Gasteiger partial charge in [-0.2, -0.15) is 18.3 Å². The van der Waals surface area contributed by atoms with Crippen LogP contribution in [0.5, 0.6) is 0 Å². The molecule has 4 unspecified atom stereocenters. The number of rotatable bonds is 5. The first kappa shape index (κ1) is 16.9. The smallest absolute Gasteiger partial charge is 0.352 e. The molecule has 138 valence electrons. The van der Waals surface area contributed by atoms with Gasteiger partial charge in [0.15, 0.2) is 5.69 Å². The molecule has 3 saturated carbocycles. The fraction of sp³-hybridized carbons (Fsp3) is 0.778. The Bertz CT molecular complexity index is 665. The van der Waals surface area contributed by atoms with Crippen molar-refractivity contribution in [2.24, 2.45) is 17.8 Å². The van der Waals surface area contributed by atoms with E-state index in [2.05, 4.69) is 10.4 Å². The molecule has 4 nitrogen and oxygen atoms in total. The Morgan fingerprint density at radius 3 is 2.64 bits per heavy atom. The molecule has 3 aliphatic carbocycles. The third kappa shape index (κ3) is 3.42. The number of alkyl halides is 3. The van der Waals surface area contributed by atoms with Crippen LogP contribution in [0.1, 0.15) is 62.8 Å². The Kier molecular flexibility index (Phi) is 4.07. The lowest BCUT2D eigenvalue weighted by atomic mass is 9.84. The lowest BCUT2D eigenvalue weighted by Gasteiger charge is -2.28. The molecule has 0 aliphatic heterocycles. The van der Waals surface area contributed by atoms with Crippen LogP contribution in [0.3, 0.4) is 0 Å². The Balaban J connectivity index is 1.41. The number of nitrogens with zero attached hydrogens (tertiary/aromatic N) is 2. The third-order valence-electron chi connectivity index (χ3n) is 6.21. The van der Waals surface area contributed by atoms with Crippen molar-refractivity contribution >= 4 is 5.91 Å². The first-order chi connectivity index (χ1) is 11.8. The van der Waals surface area contributed by atoms with Crippen LogP contribution in [0.2, 0.25) is 0 Å². The molecular formula is C18H24F3N3O. The average molecular weight is 355 g/mol. The Hall–Kier alpha value is -1.53. The largest absolute Gasteiger partial charge is 0.435 e. The van der Waals surface area contributed by atoms with Gasteiger partial charge in [0.05, 0.1) is 0 Å². The zero-order valence-corrected chi connectivity index (χ0v) is 14.4. The van der Waals surface area contributed by atoms with Crippen LogP contribution in [-0.4, -0.2) is 21.7 Å². The summed E-state index contributed by atoms with van der Waals surface area (Å²) in [7, 11) is 0. The summed E-state index contributed by atoms with van der Waals surface area (Å²) >= 11 is 0. The maximum absolute atomic E-state index is 12.9. The first-order valence-corrected chi connectivity index (χ1v) is 9.25. The molecule has 4 atom stereocenters. The van der Waals surface area contributed by atoms with Crippen LogP contribution in [0.15, 0.2) is 6.07 Å². The summed E-state index contributed by atoms with van der Waals surface area (Å²) in [6.45, 7) is 1.89. The molecule has 1 N–H and O–H groups in total. The molecule has 1 aromatic heterocycles. The minimum Gasteiger partial charge on any atom is -0.352 e. The summed E-state index contributed by atoms with van der Waals surface area (Å²) < 4.78 is 40.0. The van der Waals surface area contributed by atoms with Crippen LogP contribution in [0.4, 0.5) is 13.2 Å². The number of aromatic nitrogens is 2. The lowest BCUT2D eigenvalue weighted by molar-refractivity contribution is -0.141. The van der Waals surface area contributed by atoms with E-state index in [1.165, 1.54) is 30.4 Å². The van der Waals surface area contributed by atoms with Gasteiger partial charge in [-0.05, 0) is 62.8 Å². The van der Waals surface area contributed by atoms with Crippen LogP contribution < -0.4 is 5.32 Å². The average Bonchev–Trinajstić information content (AvgIpc) is 2.96. The van der Waals surface area contributed by atoms with E-state index >= 15 is 0 Å². The van der Waals surface area contributed by atoms with Crippen molar-refractivity contribution in [3.05, 3.63) is 17.5 Å². The summed E-state index contributed by atoms with van der Waals surface area (Å²) in [6, 6.07) is 1.18. The number of halogens is 3. The molecule has 3 fully saturated rings.